The SMILES string of the molecule is CC(N=C1NS(=O)(=O)c2ccccc21)C(=O)OCC(=O)NC(=O)c1cccs1. The fourth-order valence-corrected chi connectivity index (χ4v) is 4.22. The van der Waals surface area contributed by atoms with Crippen molar-refractivity contribution in [1.29, 1.82) is 0 Å². The highest BCUT2D eigenvalue weighted by atomic mass is 32.2. The minimum absolute atomic E-state index is 0.0253. The molecule has 0 saturated heterocycles. The number of imide groups is 1. The normalized spacial score (nSPS) is 16.7. The van der Waals surface area contributed by atoms with Gasteiger partial charge in [-0.05, 0) is 30.5 Å². The van der Waals surface area contributed by atoms with Crippen molar-refractivity contribution in [2.24, 2.45) is 4.99 Å². The lowest BCUT2D eigenvalue weighted by Gasteiger charge is -2.09. The van der Waals surface area contributed by atoms with Crippen molar-refractivity contribution in [3.63, 3.8) is 0 Å². The first-order chi connectivity index (χ1) is 13.3. The van der Waals surface area contributed by atoms with Crippen LogP contribution >= 0.6 is 11.3 Å². The van der Waals surface area contributed by atoms with E-state index in [1.54, 1.807) is 35.7 Å². The lowest BCUT2D eigenvalue weighted by atomic mass is 10.2. The summed E-state index contributed by atoms with van der Waals surface area (Å²) in [5.74, 6) is -2.17. The van der Waals surface area contributed by atoms with E-state index in [2.05, 4.69) is 15.0 Å². The number of carbonyl (C=O) groups excluding carboxylic acids is 3. The zero-order chi connectivity index (χ0) is 20.3. The molecule has 2 amide bonds. The average Bonchev–Trinajstić information content (AvgIpc) is 3.27. The van der Waals surface area contributed by atoms with Crippen LogP contribution in [-0.2, 0) is 24.3 Å². The summed E-state index contributed by atoms with van der Waals surface area (Å²) in [5, 5.41) is 3.79. The second kappa shape index (κ2) is 7.90. The van der Waals surface area contributed by atoms with E-state index in [0.717, 1.165) is 0 Å². The predicted molar refractivity (Wildman–Crippen MR) is 101 cm³/mol. The number of rotatable bonds is 5. The van der Waals surface area contributed by atoms with Crippen molar-refractivity contribution in [3.05, 3.63) is 52.2 Å². The molecule has 0 spiro atoms. The van der Waals surface area contributed by atoms with Crippen molar-refractivity contribution in [3.8, 4) is 0 Å². The van der Waals surface area contributed by atoms with Gasteiger partial charge in [-0.25, -0.2) is 13.2 Å². The maximum Gasteiger partial charge on any atom is 0.331 e. The molecule has 2 aromatic rings. The number of esters is 1. The first kappa shape index (κ1) is 19.7. The summed E-state index contributed by atoms with van der Waals surface area (Å²) in [7, 11) is -3.72. The molecule has 28 heavy (non-hydrogen) atoms. The molecule has 0 fully saturated rings. The molecule has 0 bridgehead atoms. The number of hydrogen-bond acceptors (Lipinski definition) is 8. The molecule has 2 N–H and O–H groups in total. The van der Waals surface area contributed by atoms with Crippen LogP contribution in [0.2, 0.25) is 0 Å². The molecule has 3 rings (SSSR count). The Bertz CT molecular complexity index is 1060. The zero-order valence-electron chi connectivity index (χ0n) is 14.5. The Labute approximate surface area is 164 Å². The summed E-state index contributed by atoms with van der Waals surface area (Å²) < 4.78 is 31.2. The number of amidine groups is 1. The molecule has 1 aliphatic rings. The molecule has 1 atom stereocenters. The van der Waals surface area contributed by atoms with Crippen LogP contribution in [0, 0.1) is 0 Å². The van der Waals surface area contributed by atoms with E-state index in [1.165, 1.54) is 24.3 Å². The van der Waals surface area contributed by atoms with E-state index >= 15 is 0 Å². The summed E-state index contributed by atoms with van der Waals surface area (Å²) in [6.07, 6.45) is 0. The van der Waals surface area contributed by atoms with E-state index in [-0.39, 0.29) is 10.7 Å². The molecule has 1 aromatic carbocycles. The van der Waals surface area contributed by atoms with Crippen LogP contribution in [0.4, 0.5) is 0 Å². The van der Waals surface area contributed by atoms with Gasteiger partial charge in [0.05, 0.1) is 9.77 Å². The molecule has 2 heterocycles. The third kappa shape index (κ3) is 4.26. The van der Waals surface area contributed by atoms with Crippen LogP contribution in [-0.4, -0.2) is 44.7 Å². The van der Waals surface area contributed by atoms with Gasteiger partial charge in [0.15, 0.2) is 6.61 Å². The van der Waals surface area contributed by atoms with Crippen LogP contribution in [0.1, 0.15) is 22.2 Å². The van der Waals surface area contributed by atoms with Gasteiger partial charge in [-0.2, -0.15) is 0 Å². The Kier molecular flexibility index (Phi) is 5.56. The Morgan fingerprint density at radius 1 is 1.21 bits per heavy atom. The van der Waals surface area contributed by atoms with Gasteiger partial charge >= 0.3 is 5.97 Å². The third-order valence-corrected chi connectivity index (χ3v) is 5.94. The summed E-state index contributed by atoms with van der Waals surface area (Å²) in [6.45, 7) is 0.743. The van der Waals surface area contributed by atoms with Crippen molar-refractivity contribution in [2.45, 2.75) is 17.9 Å². The van der Waals surface area contributed by atoms with Crippen LogP contribution < -0.4 is 10.0 Å². The summed E-state index contributed by atoms with van der Waals surface area (Å²) >= 11 is 1.17. The van der Waals surface area contributed by atoms with Crippen molar-refractivity contribution in [1.82, 2.24) is 10.0 Å². The van der Waals surface area contributed by atoms with Gasteiger partial charge < -0.3 is 4.74 Å². The molecular weight excluding hydrogens is 406 g/mol. The molecule has 1 aromatic heterocycles. The van der Waals surface area contributed by atoms with E-state index in [0.29, 0.717) is 10.4 Å². The third-order valence-electron chi connectivity index (χ3n) is 3.67. The smallest absolute Gasteiger partial charge is 0.331 e. The number of ether oxygens (including phenoxy) is 1. The average molecular weight is 421 g/mol. The minimum Gasteiger partial charge on any atom is -0.454 e. The van der Waals surface area contributed by atoms with Crippen molar-refractivity contribution < 1.29 is 27.5 Å². The molecule has 9 nitrogen and oxygen atoms in total. The highest BCUT2D eigenvalue weighted by Gasteiger charge is 2.31. The van der Waals surface area contributed by atoms with Gasteiger partial charge in [0, 0.05) is 5.56 Å². The van der Waals surface area contributed by atoms with E-state index in [4.69, 9.17) is 4.74 Å². The highest BCUT2D eigenvalue weighted by Crippen LogP contribution is 2.22. The number of nitrogens with zero attached hydrogens (tertiary/aromatic N) is 1. The van der Waals surface area contributed by atoms with Crippen molar-refractivity contribution in [2.75, 3.05) is 6.61 Å². The molecule has 0 radical (unpaired) electrons. The summed E-state index contributed by atoms with van der Waals surface area (Å²) in [5.41, 5.74) is 0.349. The number of benzene rings is 1. The molecule has 11 heteroatoms. The Hall–Kier alpha value is -3.05. The lowest BCUT2D eigenvalue weighted by Crippen LogP contribution is -2.35. The number of amides is 2. The highest BCUT2D eigenvalue weighted by molar-refractivity contribution is 7.90. The number of nitrogens with one attached hydrogen (secondary N) is 2. The number of hydrogen-bond donors (Lipinski definition) is 2. The molecule has 1 aliphatic heterocycles. The monoisotopic (exact) mass is 421 g/mol. The Balaban J connectivity index is 1.59. The van der Waals surface area contributed by atoms with Crippen molar-refractivity contribution >= 4 is 45.0 Å². The zero-order valence-corrected chi connectivity index (χ0v) is 16.2. The van der Waals surface area contributed by atoms with Crippen LogP contribution in [0.3, 0.4) is 0 Å². The standard InChI is InChI=1S/C17H15N3O6S2/c1-10(18-15-11-5-2-3-7-13(11)28(24,25)20-15)17(23)26-9-14(21)19-16(22)12-6-4-8-27-12/h2-8,10H,9H2,1H3,(H,18,20)(H,19,21,22). The fraction of sp³-hybridized carbons (Fsp3) is 0.176. The first-order valence-corrected chi connectivity index (χ1v) is 10.4. The van der Waals surface area contributed by atoms with Gasteiger partial charge in [0.1, 0.15) is 11.9 Å². The molecular formula is C17H15N3O6S2. The van der Waals surface area contributed by atoms with E-state index in [1.807, 2.05) is 0 Å². The second-order valence-corrected chi connectivity index (χ2v) is 8.32. The maximum absolute atomic E-state index is 12.1. The molecule has 146 valence electrons. The Morgan fingerprint density at radius 2 is 1.96 bits per heavy atom. The topological polar surface area (TPSA) is 131 Å². The van der Waals surface area contributed by atoms with E-state index in [9.17, 15) is 22.8 Å². The molecule has 1 unspecified atom stereocenters. The largest absolute Gasteiger partial charge is 0.454 e. The van der Waals surface area contributed by atoms with Gasteiger partial charge in [-0.15, -0.1) is 11.3 Å². The quantitative estimate of drug-likeness (QED) is 0.683. The van der Waals surface area contributed by atoms with E-state index < -0.39 is 40.5 Å². The first-order valence-electron chi connectivity index (χ1n) is 8.02. The Morgan fingerprint density at radius 3 is 2.68 bits per heavy atom. The van der Waals surface area contributed by atoms with Crippen LogP contribution in [0.15, 0.2) is 51.7 Å². The van der Waals surface area contributed by atoms with Crippen LogP contribution in [0.5, 0.6) is 0 Å². The van der Waals surface area contributed by atoms with Gasteiger partial charge in [-0.1, -0.05) is 18.2 Å². The predicted octanol–water partition coefficient (Wildman–Crippen LogP) is 0.675. The number of aliphatic imine (C=N–C) groups is 1. The molecule has 0 aliphatic carbocycles. The van der Waals surface area contributed by atoms with Gasteiger partial charge in [0.2, 0.25) is 0 Å². The number of sulfonamides is 1. The number of thiophene rings is 1. The minimum atomic E-state index is -3.72. The summed E-state index contributed by atoms with van der Waals surface area (Å²) in [6, 6.07) is 8.37. The fourth-order valence-electron chi connectivity index (χ4n) is 2.37. The second-order valence-electron chi connectivity index (χ2n) is 5.72. The maximum atomic E-state index is 12.1. The summed E-state index contributed by atoms with van der Waals surface area (Å²) in [4.78, 5) is 40.0. The van der Waals surface area contributed by atoms with Crippen LogP contribution in [0.25, 0.3) is 0 Å². The van der Waals surface area contributed by atoms with Gasteiger partial charge in [-0.3, -0.25) is 24.6 Å². The van der Waals surface area contributed by atoms with Gasteiger partial charge in [0.25, 0.3) is 21.8 Å². The number of carbonyl (C=O) groups is 3. The number of fused-ring (bicyclic) bond motifs is 1. The lowest BCUT2D eigenvalue weighted by molar-refractivity contribution is -0.149. The molecule has 0 saturated carbocycles.